The molecule has 0 saturated carbocycles. The second-order valence-electron chi connectivity index (χ2n) is 14.1. The van der Waals surface area contributed by atoms with E-state index in [2.05, 4.69) is 92.8 Å². The summed E-state index contributed by atoms with van der Waals surface area (Å²) in [6.07, 6.45) is 0.294. The monoisotopic (exact) mass is 716 g/mol. The lowest BCUT2D eigenvalue weighted by molar-refractivity contribution is -0.155. The van der Waals surface area contributed by atoms with Crippen LogP contribution in [0.2, 0.25) is 0 Å². The number of nitrogens with zero attached hydrogens (tertiary/aromatic N) is 2. The first-order chi connectivity index (χ1) is 25.2. The zero-order chi connectivity index (χ0) is 36.1. The molecule has 0 amide bonds. The molecule has 9 heteroatoms. The maximum atomic E-state index is 16.9. The van der Waals surface area contributed by atoms with Crippen LogP contribution in [0.25, 0.3) is 0 Å². The van der Waals surface area contributed by atoms with E-state index in [0.29, 0.717) is 31.7 Å². The van der Waals surface area contributed by atoms with Crippen molar-refractivity contribution in [2.24, 2.45) is 0 Å². The molecule has 0 aromatic heterocycles. The zero-order valence-corrected chi connectivity index (χ0v) is 31.3. The summed E-state index contributed by atoms with van der Waals surface area (Å²) in [7, 11) is -0.163. The highest BCUT2D eigenvalue weighted by Crippen LogP contribution is 2.62. The predicted octanol–water partition coefficient (Wildman–Crippen LogP) is 9.02. The van der Waals surface area contributed by atoms with E-state index in [1.54, 1.807) is 0 Å². The largest absolute Gasteiger partial charge is 0.422 e. The van der Waals surface area contributed by atoms with Crippen molar-refractivity contribution in [1.29, 1.82) is 0 Å². The van der Waals surface area contributed by atoms with Crippen molar-refractivity contribution in [3.63, 3.8) is 0 Å². The van der Waals surface area contributed by atoms with Crippen molar-refractivity contribution < 1.29 is 18.6 Å². The van der Waals surface area contributed by atoms with Gasteiger partial charge in [-0.1, -0.05) is 103 Å². The van der Waals surface area contributed by atoms with E-state index in [1.165, 1.54) is 0 Å². The van der Waals surface area contributed by atoms with E-state index in [-0.39, 0.29) is 12.1 Å². The molecular weight excluding hydrogens is 667 g/mol. The van der Waals surface area contributed by atoms with Crippen LogP contribution >= 0.6 is 7.67 Å². The van der Waals surface area contributed by atoms with Crippen LogP contribution in [0.15, 0.2) is 140 Å². The average molecular weight is 717 g/mol. The standard InChI is InChI=1S/C43H49N4O4P/c1-43(2)49-41-39(28-32-16-8-5-9-17-32)46(30-34-20-14-22-36(26-34)44-3)52(48,51-38-24-12-7-13-25-38)47(31-35-21-15-23-37(27-35)45-4)40(42(41)50-43)29-33-18-10-6-11-19-33/h5-27,39-42,44-45H,28-31H2,1-4H3/t39-,40-,41-,42-/m1/s1. The van der Waals surface area contributed by atoms with Gasteiger partial charge in [-0.05, 0) is 85.3 Å². The first-order valence-electron chi connectivity index (χ1n) is 18.1. The lowest BCUT2D eigenvalue weighted by Crippen LogP contribution is -2.48. The van der Waals surface area contributed by atoms with Gasteiger partial charge in [0.1, 0.15) is 18.0 Å². The summed E-state index contributed by atoms with van der Waals surface area (Å²) in [5.41, 5.74) is 6.22. The van der Waals surface area contributed by atoms with E-state index in [0.717, 1.165) is 33.6 Å². The summed E-state index contributed by atoms with van der Waals surface area (Å²) >= 11 is 0. The molecule has 0 bridgehead atoms. The number of fused-ring (bicyclic) bond motifs is 1. The molecule has 0 spiro atoms. The fourth-order valence-electron chi connectivity index (χ4n) is 7.59. The predicted molar refractivity (Wildman–Crippen MR) is 209 cm³/mol. The smallest absolute Gasteiger partial charge is 0.397 e. The molecule has 270 valence electrons. The van der Waals surface area contributed by atoms with Crippen LogP contribution in [0.1, 0.15) is 36.1 Å². The molecule has 7 rings (SSSR count). The molecule has 2 heterocycles. The van der Waals surface area contributed by atoms with Crippen molar-refractivity contribution in [2.45, 2.75) is 69.9 Å². The maximum absolute atomic E-state index is 16.9. The number of rotatable bonds is 12. The summed E-state index contributed by atoms with van der Waals surface area (Å²) in [5.74, 6) is -0.323. The summed E-state index contributed by atoms with van der Waals surface area (Å²) < 4.78 is 42.1. The van der Waals surface area contributed by atoms with Gasteiger partial charge in [-0.2, -0.15) is 9.34 Å². The van der Waals surface area contributed by atoms with Gasteiger partial charge in [0.05, 0.1) is 12.1 Å². The lowest BCUT2D eigenvalue weighted by Gasteiger charge is -2.43. The van der Waals surface area contributed by atoms with Gasteiger partial charge in [-0.3, -0.25) is 0 Å². The number of nitrogens with one attached hydrogen (secondary N) is 2. The van der Waals surface area contributed by atoms with Crippen molar-refractivity contribution >= 4 is 19.0 Å². The quantitative estimate of drug-likeness (QED) is 0.124. The van der Waals surface area contributed by atoms with E-state index in [1.807, 2.05) is 94.7 Å². The summed E-state index contributed by atoms with van der Waals surface area (Å²) in [4.78, 5) is 0. The Morgan fingerprint density at radius 1 is 0.596 bits per heavy atom. The molecule has 2 aliphatic heterocycles. The maximum Gasteiger partial charge on any atom is 0.397 e. The van der Waals surface area contributed by atoms with Gasteiger partial charge in [0.2, 0.25) is 0 Å². The van der Waals surface area contributed by atoms with Gasteiger partial charge in [0.25, 0.3) is 0 Å². The third-order valence-corrected chi connectivity index (χ3v) is 12.6. The van der Waals surface area contributed by atoms with Crippen LogP contribution in [0, 0.1) is 0 Å². The Kier molecular flexibility index (Phi) is 10.8. The number of ether oxygens (including phenoxy) is 2. The number of hydrogen-bond donors (Lipinski definition) is 2. The first kappa shape index (κ1) is 36.0. The minimum absolute atomic E-state index is 0.356. The molecule has 2 N–H and O–H groups in total. The van der Waals surface area contributed by atoms with Crippen molar-refractivity contribution in [3.05, 3.63) is 162 Å². The lowest BCUT2D eigenvalue weighted by atomic mass is 9.91. The van der Waals surface area contributed by atoms with Crippen LogP contribution in [-0.2, 0) is 40.0 Å². The Hall–Kier alpha value is -4.43. The molecule has 0 aliphatic carbocycles. The molecule has 52 heavy (non-hydrogen) atoms. The molecule has 8 nitrogen and oxygen atoms in total. The molecule has 2 aliphatic rings. The van der Waals surface area contributed by atoms with Crippen LogP contribution in [0.5, 0.6) is 5.75 Å². The molecule has 5 aromatic rings. The molecule has 4 atom stereocenters. The Morgan fingerprint density at radius 3 is 1.42 bits per heavy atom. The fourth-order valence-corrected chi connectivity index (χ4v) is 10.4. The minimum atomic E-state index is -3.99. The fraction of sp³-hybridized carbons (Fsp3) is 0.302. The SMILES string of the molecule is CNc1cccc(CN2[C@H](Cc3ccccc3)[C@H]3OC(C)(C)O[C@@H]3[C@@H](Cc3ccccc3)N(Cc3cccc(NC)c3)P2(=O)Oc2ccccc2)c1. The highest BCUT2D eigenvalue weighted by atomic mass is 31.2. The highest BCUT2D eigenvalue weighted by molar-refractivity contribution is 7.54. The third-order valence-electron chi connectivity index (χ3n) is 10.0. The van der Waals surface area contributed by atoms with E-state index in [9.17, 15) is 0 Å². The number of benzene rings is 5. The second-order valence-corrected chi connectivity index (χ2v) is 16.3. The van der Waals surface area contributed by atoms with Crippen LogP contribution in [0.3, 0.4) is 0 Å². The summed E-state index contributed by atoms with van der Waals surface area (Å²) in [6.45, 7) is 4.69. The molecule has 5 aromatic carbocycles. The topological polar surface area (TPSA) is 75.3 Å². The normalized spacial score (nSPS) is 22.6. The number of hydrogen-bond acceptors (Lipinski definition) is 6. The molecule has 0 unspecified atom stereocenters. The number of anilines is 2. The van der Waals surface area contributed by atoms with Gasteiger partial charge in [-0.25, -0.2) is 4.57 Å². The van der Waals surface area contributed by atoms with E-state index in [4.69, 9.17) is 14.0 Å². The zero-order valence-electron chi connectivity index (χ0n) is 30.4. The van der Waals surface area contributed by atoms with Crippen LogP contribution in [0.4, 0.5) is 11.4 Å². The first-order valence-corrected chi connectivity index (χ1v) is 19.6. The second kappa shape index (κ2) is 15.7. The van der Waals surface area contributed by atoms with Crippen molar-refractivity contribution in [3.8, 4) is 5.75 Å². The Bertz CT molecular complexity index is 1850. The number of para-hydroxylation sites is 1. The molecule has 2 saturated heterocycles. The Labute approximate surface area is 308 Å². The Morgan fingerprint density at radius 2 is 1.00 bits per heavy atom. The summed E-state index contributed by atoms with van der Waals surface area (Å²) in [5, 5.41) is 6.57. The van der Waals surface area contributed by atoms with E-state index >= 15 is 4.57 Å². The molecular formula is C43H49N4O4P. The van der Waals surface area contributed by atoms with Crippen LogP contribution < -0.4 is 15.2 Å². The minimum Gasteiger partial charge on any atom is -0.422 e. The van der Waals surface area contributed by atoms with Crippen molar-refractivity contribution in [1.82, 2.24) is 9.34 Å². The van der Waals surface area contributed by atoms with Crippen molar-refractivity contribution in [2.75, 3.05) is 24.7 Å². The van der Waals surface area contributed by atoms with Crippen LogP contribution in [-0.4, -0.2) is 53.5 Å². The summed E-state index contributed by atoms with van der Waals surface area (Å²) in [6, 6.07) is 46.2. The Balaban J connectivity index is 1.48. The highest BCUT2D eigenvalue weighted by Gasteiger charge is 2.60. The average Bonchev–Trinajstić information content (AvgIpc) is 3.47. The third kappa shape index (κ3) is 7.97. The van der Waals surface area contributed by atoms with Gasteiger partial charge in [-0.15, -0.1) is 0 Å². The molecule has 0 radical (unpaired) electrons. The van der Waals surface area contributed by atoms with Gasteiger partial charge >= 0.3 is 7.67 Å². The van der Waals surface area contributed by atoms with E-state index < -0.39 is 25.7 Å². The van der Waals surface area contributed by atoms with Gasteiger partial charge in [0.15, 0.2) is 5.79 Å². The molecule has 2 fully saturated rings. The van der Waals surface area contributed by atoms with Gasteiger partial charge in [0, 0.05) is 38.6 Å². The van der Waals surface area contributed by atoms with Gasteiger partial charge < -0.3 is 24.6 Å².